The monoisotopic (exact) mass is 250 g/mol. The second kappa shape index (κ2) is 3.70. The fourth-order valence-corrected chi connectivity index (χ4v) is 0.820. The van der Waals surface area contributed by atoms with Gasteiger partial charge in [0.15, 0.2) is 9.58 Å². The van der Waals surface area contributed by atoms with Gasteiger partial charge in [0.05, 0.1) is 19.0 Å². The van der Waals surface area contributed by atoms with E-state index in [0.717, 1.165) is 9.58 Å². The molecule has 0 N–H and O–H groups in total. The summed E-state index contributed by atoms with van der Waals surface area (Å²) >= 11 is 2.05. The lowest BCUT2D eigenvalue weighted by molar-refractivity contribution is 0.337. The Morgan fingerprint density at radius 2 is 2.10 bits per heavy atom. The lowest BCUT2D eigenvalue weighted by atomic mass is 10.6. The standard InChI is InChI=1S/C6H7IN2O/c1-2-10-5-3-8-6(7)9-4-5/h3-4H,2H2,1H3. The molecule has 1 aromatic rings. The van der Waals surface area contributed by atoms with Crippen LogP contribution in [0.25, 0.3) is 0 Å². The Morgan fingerprint density at radius 1 is 1.50 bits per heavy atom. The van der Waals surface area contributed by atoms with Crippen molar-refractivity contribution in [3.05, 3.63) is 16.2 Å². The number of ether oxygens (including phenoxy) is 1. The molecule has 0 saturated heterocycles. The van der Waals surface area contributed by atoms with E-state index in [1.54, 1.807) is 12.4 Å². The molecule has 1 rings (SSSR count). The summed E-state index contributed by atoms with van der Waals surface area (Å²) in [6, 6.07) is 0. The second-order valence-corrected chi connectivity index (χ2v) is 2.59. The molecule has 0 aliphatic carbocycles. The molecule has 0 fully saturated rings. The summed E-state index contributed by atoms with van der Waals surface area (Å²) in [6.07, 6.45) is 3.33. The van der Waals surface area contributed by atoms with Gasteiger partial charge in [-0.2, -0.15) is 0 Å². The molecule has 0 amide bonds. The zero-order valence-electron chi connectivity index (χ0n) is 5.54. The van der Waals surface area contributed by atoms with E-state index in [4.69, 9.17) is 4.74 Å². The third kappa shape index (κ3) is 2.09. The molecule has 1 heterocycles. The first kappa shape index (κ1) is 7.71. The predicted octanol–water partition coefficient (Wildman–Crippen LogP) is 1.48. The lowest BCUT2D eigenvalue weighted by Crippen LogP contribution is -1.94. The molecular formula is C6H7IN2O. The molecule has 0 aliphatic rings. The highest BCUT2D eigenvalue weighted by molar-refractivity contribution is 14.1. The zero-order chi connectivity index (χ0) is 7.40. The van der Waals surface area contributed by atoms with E-state index >= 15 is 0 Å². The highest BCUT2D eigenvalue weighted by Gasteiger charge is 1.91. The molecule has 3 nitrogen and oxygen atoms in total. The molecule has 0 spiro atoms. The molecule has 0 saturated carbocycles. The number of rotatable bonds is 2. The summed E-state index contributed by atoms with van der Waals surface area (Å²) in [5.74, 6) is 0.725. The predicted molar refractivity (Wildman–Crippen MR) is 45.9 cm³/mol. The van der Waals surface area contributed by atoms with E-state index in [9.17, 15) is 0 Å². The molecule has 10 heavy (non-hydrogen) atoms. The maximum Gasteiger partial charge on any atom is 0.190 e. The molecule has 4 heteroatoms. The second-order valence-electron chi connectivity index (χ2n) is 1.62. The van der Waals surface area contributed by atoms with Crippen LogP contribution in [0.4, 0.5) is 0 Å². The molecule has 0 aliphatic heterocycles. The van der Waals surface area contributed by atoms with Crippen LogP contribution in [-0.4, -0.2) is 16.6 Å². The van der Waals surface area contributed by atoms with Crippen LogP contribution in [0.15, 0.2) is 12.4 Å². The van der Waals surface area contributed by atoms with Gasteiger partial charge in [-0.15, -0.1) is 0 Å². The van der Waals surface area contributed by atoms with Gasteiger partial charge in [0.1, 0.15) is 0 Å². The summed E-state index contributed by atoms with van der Waals surface area (Å²) < 4.78 is 5.87. The maximum atomic E-state index is 5.13. The summed E-state index contributed by atoms with van der Waals surface area (Å²) in [7, 11) is 0. The first-order valence-electron chi connectivity index (χ1n) is 2.93. The fraction of sp³-hybridized carbons (Fsp3) is 0.333. The van der Waals surface area contributed by atoms with Gasteiger partial charge < -0.3 is 4.74 Å². The van der Waals surface area contributed by atoms with Gasteiger partial charge >= 0.3 is 0 Å². The first-order chi connectivity index (χ1) is 4.83. The highest BCUT2D eigenvalue weighted by Crippen LogP contribution is 2.06. The van der Waals surface area contributed by atoms with Gasteiger partial charge in [-0.25, -0.2) is 9.97 Å². The van der Waals surface area contributed by atoms with Crippen molar-refractivity contribution in [3.63, 3.8) is 0 Å². The van der Waals surface area contributed by atoms with Crippen molar-refractivity contribution in [1.82, 2.24) is 9.97 Å². The average molecular weight is 250 g/mol. The van der Waals surface area contributed by atoms with E-state index in [1.807, 2.05) is 29.5 Å². The Labute approximate surface area is 73.0 Å². The van der Waals surface area contributed by atoms with Crippen LogP contribution in [0.1, 0.15) is 6.92 Å². The van der Waals surface area contributed by atoms with Crippen molar-refractivity contribution in [1.29, 1.82) is 0 Å². The molecule has 0 bridgehead atoms. The molecule has 1 aromatic heterocycles. The van der Waals surface area contributed by atoms with Crippen LogP contribution < -0.4 is 4.74 Å². The first-order valence-corrected chi connectivity index (χ1v) is 4.01. The Balaban J connectivity index is 2.69. The smallest absolute Gasteiger partial charge is 0.190 e. The van der Waals surface area contributed by atoms with Crippen LogP contribution in [0.2, 0.25) is 0 Å². The molecular weight excluding hydrogens is 243 g/mol. The minimum absolute atomic E-state index is 0.657. The third-order valence-corrected chi connectivity index (χ3v) is 1.46. The van der Waals surface area contributed by atoms with E-state index in [2.05, 4.69) is 9.97 Å². The normalized spacial score (nSPS) is 9.40. The SMILES string of the molecule is CCOc1cnc(I)nc1. The van der Waals surface area contributed by atoms with E-state index in [-0.39, 0.29) is 0 Å². The summed E-state index contributed by atoms with van der Waals surface area (Å²) in [4.78, 5) is 7.90. The number of aromatic nitrogens is 2. The van der Waals surface area contributed by atoms with Gasteiger partial charge in [0.2, 0.25) is 0 Å². The van der Waals surface area contributed by atoms with Gasteiger partial charge in [0, 0.05) is 22.6 Å². The van der Waals surface area contributed by atoms with Gasteiger partial charge in [-0.3, -0.25) is 0 Å². The van der Waals surface area contributed by atoms with E-state index in [1.165, 1.54) is 0 Å². The number of nitrogens with zero attached hydrogens (tertiary/aromatic N) is 2. The molecule has 0 unspecified atom stereocenters. The Kier molecular flexibility index (Phi) is 2.85. The molecule has 0 atom stereocenters. The lowest BCUT2D eigenvalue weighted by Gasteiger charge is -1.99. The molecule has 0 radical (unpaired) electrons. The highest BCUT2D eigenvalue weighted by atomic mass is 127. The number of hydrogen-bond acceptors (Lipinski definition) is 3. The third-order valence-electron chi connectivity index (χ3n) is 0.908. The van der Waals surface area contributed by atoms with Crippen LogP contribution >= 0.6 is 22.6 Å². The van der Waals surface area contributed by atoms with Gasteiger partial charge in [-0.05, 0) is 6.92 Å². The largest absolute Gasteiger partial charge is 0.491 e. The minimum Gasteiger partial charge on any atom is -0.491 e. The van der Waals surface area contributed by atoms with Crippen molar-refractivity contribution in [2.75, 3.05) is 6.61 Å². The molecule has 54 valence electrons. The van der Waals surface area contributed by atoms with Crippen molar-refractivity contribution < 1.29 is 4.74 Å². The van der Waals surface area contributed by atoms with E-state index in [0.29, 0.717) is 6.61 Å². The fourth-order valence-electron chi connectivity index (χ4n) is 0.542. The molecule has 0 aromatic carbocycles. The van der Waals surface area contributed by atoms with Crippen LogP contribution in [-0.2, 0) is 0 Å². The van der Waals surface area contributed by atoms with Gasteiger partial charge in [0.25, 0.3) is 0 Å². The van der Waals surface area contributed by atoms with E-state index < -0.39 is 0 Å². The zero-order valence-corrected chi connectivity index (χ0v) is 7.70. The Bertz CT molecular complexity index is 199. The Morgan fingerprint density at radius 3 is 2.60 bits per heavy atom. The number of hydrogen-bond donors (Lipinski definition) is 0. The Hall–Kier alpha value is -0.390. The maximum absolute atomic E-state index is 5.13. The van der Waals surface area contributed by atoms with Crippen molar-refractivity contribution in [2.24, 2.45) is 0 Å². The van der Waals surface area contributed by atoms with Crippen LogP contribution in [0, 0.1) is 3.83 Å². The van der Waals surface area contributed by atoms with Crippen LogP contribution in [0.3, 0.4) is 0 Å². The average Bonchev–Trinajstić information content (AvgIpc) is 1.95. The quantitative estimate of drug-likeness (QED) is 0.589. The minimum atomic E-state index is 0.657. The van der Waals surface area contributed by atoms with Crippen molar-refractivity contribution in [3.8, 4) is 5.75 Å². The van der Waals surface area contributed by atoms with Crippen molar-refractivity contribution in [2.45, 2.75) is 6.92 Å². The topological polar surface area (TPSA) is 35.0 Å². The van der Waals surface area contributed by atoms with Crippen LogP contribution in [0.5, 0.6) is 5.75 Å². The summed E-state index contributed by atoms with van der Waals surface area (Å²) in [5.41, 5.74) is 0. The summed E-state index contributed by atoms with van der Waals surface area (Å²) in [6.45, 7) is 2.59. The number of halogens is 1. The summed E-state index contributed by atoms with van der Waals surface area (Å²) in [5, 5.41) is 0. The van der Waals surface area contributed by atoms with Gasteiger partial charge in [-0.1, -0.05) is 0 Å². The van der Waals surface area contributed by atoms with Crippen molar-refractivity contribution >= 4 is 22.6 Å².